The Morgan fingerprint density at radius 3 is 1.71 bits per heavy atom. The molecule has 0 aliphatic carbocycles. The summed E-state index contributed by atoms with van der Waals surface area (Å²) in [6.07, 6.45) is 0. The Hall–Kier alpha value is -5.92. The second-order valence-electron chi connectivity index (χ2n) is 11.4. The van der Waals surface area contributed by atoms with E-state index in [1.54, 1.807) is 0 Å². The van der Waals surface area contributed by atoms with Crippen molar-refractivity contribution in [2.24, 2.45) is 0 Å². The van der Waals surface area contributed by atoms with Crippen LogP contribution in [0, 0.1) is 0 Å². The van der Waals surface area contributed by atoms with Crippen molar-refractivity contribution in [2.75, 3.05) is 4.90 Å². The van der Waals surface area contributed by atoms with Crippen molar-refractivity contribution in [3.8, 4) is 33.4 Å². The number of fused-ring (bicyclic) bond motifs is 2. The van der Waals surface area contributed by atoms with Gasteiger partial charge in [0.2, 0.25) is 0 Å². The summed E-state index contributed by atoms with van der Waals surface area (Å²) in [5, 5.41) is 4.93. The van der Waals surface area contributed by atoms with Crippen LogP contribution in [0.2, 0.25) is 0 Å². The van der Waals surface area contributed by atoms with Crippen LogP contribution in [0.15, 0.2) is 188 Å². The quantitative estimate of drug-likeness (QED) is 0.191. The topological polar surface area (TPSA) is 3.24 Å². The highest BCUT2D eigenvalue weighted by Crippen LogP contribution is 2.44. The molecule has 212 valence electrons. The molecule has 0 fully saturated rings. The third-order valence-electron chi connectivity index (χ3n) is 8.64. The third kappa shape index (κ3) is 5.15. The van der Waals surface area contributed by atoms with E-state index in [-0.39, 0.29) is 0 Å². The first kappa shape index (κ1) is 26.7. The van der Waals surface area contributed by atoms with Crippen LogP contribution in [0.5, 0.6) is 0 Å². The highest BCUT2D eigenvalue weighted by molar-refractivity contribution is 6.01. The van der Waals surface area contributed by atoms with Gasteiger partial charge in [-0.15, -0.1) is 0 Å². The Morgan fingerprint density at radius 1 is 0.289 bits per heavy atom. The van der Waals surface area contributed by atoms with E-state index >= 15 is 0 Å². The molecule has 8 rings (SSSR count). The Labute approximate surface area is 264 Å². The molecule has 1 nitrogen and oxygen atoms in total. The number of hydrogen-bond acceptors (Lipinski definition) is 1. The number of para-hydroxylation sites is 1. The molecule has 8 aromatic carbocycles. The van der Waals surface area contributed by atoms with E-state index in [0.717, 1.165) is 17.1 Å². The highest BCUT2D eigenvalue weighted by atomic mass is 15.1. The van der Waals surface area contributed by atoms with E-state index in [2.05, 4.69) is 193 Å². The molecule has 1 heteroatoms. The summed E-state index contributed by atoms with van der Waals surface area (Å²) >= 11 is 0. The first-order chi connectivity index (χ1) is 22.3. The van der Waals surface area contributed by atoms with Gasteiger partial charge in [-0.05, 0) is 74.3 Å². The number of hydrogen-bond donors (Lipinski definition) is 0. The smallest absolute Gasteiger partial charge is 0.0540 e. The van der Waals surface area contributed by atoms with Crippen molar-refractivity contribution in [1.29, 1.82) is 0 Å². The van der Waals surface area contributed by atoms with Crippen molar-refractivity contribution < 1.29 is 0 Å². The summed E-state index contributed by atoms with van der Waals surface area (Å²) in [5.41, 5.74) is 10.6. The molecule has 0 unspecified atom stereocenters. The van der Waals surface area contributed by atoms with E-state index in [0.29, 0.717) is 0 Å². The molecular formula is C44H31N. The van der Waals surface area contributed by atoms with E-state index in [1.165, 1.54) is 54.9 Å². The maximum Gasteiger partial charge on any atom is 0.0540 e. The lowest BCUT2D eigenvalue weighted by atomic mass is 9.97. The van der Waals surface area contributed by atoms with Gasteiger partial charge in [0, 0.05) is 16.6 Å². The average molecular weight is 574 g/mol. The van der Waals surface area contributed by atoms with E-state index in [4.69, 9.17) is 0 Å². The van der Waals surface area contributed by atoms with Gasteiger partial charge in [-0.2, -0.15) is 0 Å². The average Bonchev–Trinajstić information content (AvgIpc) is 3.12. The summed E-state index contributed by atoms with van der Waals surface area (Å²) in [7, 11) is 0. The van der Waals surface area contributed by atoms with Gasteiger partial charge < -0.3 is 4.90 Å². The third-order valence-corrected chi connectivity index (χ3v) is 8.64. The summed E-state index contributed by atoms with van der Waals surface area (Å²) in [6.45, 7) is 0. The van der Waals surface area contributed by atoms with Crippen molar-refractivity contribution in [3.63, 3.8) is 0 Å². The summed E-state index contributed by atoms with van der Waals surface area (Å²) < 4.78 is 0. The van der Waals surface area contributed by atoms with Gasteiger partial charge in [-0.25, -0.2) is 0 Å². The number of rotatable bonds is 6. The minimum Gasteiger partial charge on any atom is -0.309 e. The fraction of sp³-hybridized carbons (Fsp3) is 0. The lowest BCUT2D eigenvalue weighted by molar-refractivity contribution is 1.30. The largest absolute Gasteiger partial charge is 0.309 e. The maximum absolute atomic E-state index is 2.42. The minimum atomic E-state index is 1.12. The van der Waals surface area contributed by atoms with Crippen LogP contribution in [-0.2, 0) is 0 Å². The molecular weight excluding hydrogens is 542 g/mol. The molecule has 0 N–H and O–H groups in total. The lowest BCUT2D eigenvalue weighted by Crippen LogP contribution is -2.11. The van der Waals surface area contributed by atoms with Gasteiger partial charge in [-0.3, -0.25) is 0 Å². The zero-order valence-electron chi connectivity index (χ0n) is 24.8. The fourth-order valence-corrected chi connectivity index (χ4v) is 6.39. The zero-order valence-corrected chi connectivity index (χ0v) is 24.8. The van der Waals surface area contributed by atoms with Crippen molar-refractivity contribution in [2.45, 2.75) is 0 Å². The van der Waals surface area contributed by atoms with Crippen molar-refractivity contribution >= 4 is 38.6 Å². The van der Waals surface area contributed by atoms with Gasteiger partial charge in [0.05, 0.1) is 11.4 Å². The number of nitrogens with zero attached hydrogens (tertiary/aromatic N) is 1. The fourth-order valence-electron chi connectivity index (χ4n) is 6.39. The molecule has 0 aliphatic rings. The molecule has 45 heavy (non-hydrogen) atoms. The number of benzene rings is 8. The van der Waals surface area contributed by atoms with Crippen molar-refractivity contribution in [1.82, 2.24) is 0 Å². The second-order valence-corrected chi connectivity index (χ2v) is 11.4. The van der Waals surface area contributed by atoms with Gasteiger partial charge >= 0.3 is 0 Å². The van der Waals surface area contributed by atoms with Crippen LogP contribution in [0.4, 0.5) is 17.1 Å². The van der Waals surface area contributed by atoms with Crippen LogP contribution >= 0.6 is 0 Å². The molecule has 0 atom stereocenters. The molecule has 8 aromatic rings. The predicted molar refractivity (Wildman–Crippen MR) is 192 cm³/mol. The maximum atomic E-state index is 2.42. The van der Waals surface area contributed by atoms with Crippen LogP contribution in [0.1, 0.15) is 0 Å². The van der Waals surface area contributed by atoms with Gasteiger partial charge in [0.25, 0.3) is 0 Å². The molecule has 0 saturated heterocycles. The molecule has 0 aliphatic heterocycles. The first-order valence-corrected chi connectivity index (χ1v) is 15.4. The molecule has 0 aromatic heterocycles. The molecule has 0 saturated carbocycles. The molecule has 0 heterocycles. The van der Waals surface area contributed by atoms with Gasteiger partial charge in [0.1, 0.15) is 0 Å². The zero-order chi connectivity index (χ0) is 30.0. The Morgan fingerprint density at radius 2 is 0.844 bits per heavy atom. The Bertz CT molecular complexity index is 2260. The van der Waals surface area contributed by atoms with E-state index in [1.807, 2.05) is 0 Å². The van der Waals surface area contributed by atoms with Crippen LogP contribution in [-0.4, -0.2) is 0 Å². The normalized spacial score (nSPS) is 11.1. The summed E-state index contributed by atoms with van der Waals surface area (Å²) in [5.74, 6) is 0. The van der Waals surface area contributed by atoms with Gasteiger partial charge in [-0.1, -0.05) is 158 Å². The van der Waals surface area contributed by atoms with Crippen LogP contribution in [0.3, 0.4) is 0 Å². The predicted octanol–water partition coefficient (Wildman–Crippen LogP) is 12.5. The molecule has 0 spiro atoms. The standard InChI is InChI=1S/C44H31N/c1-2-12-32(13-3-1)34-24-27-36(28-25-34)42-21-8-9-22-43(42)45(44-23-11-17-35-15-6-7-20-41(35)44)40-19-10-18-38(31-40)39-29-26-33-14-4-5-16-37(33)30-39/h1-31H. The molecule has 0 amide bonds. The van der Waals surface area contributed by atoms with Crippen LogP contribution in [0.25, 0.3) is 54.9 Å². The van der Waals surface area contributed by atoms with Crippen LogP contribution < -0.4 is 4.90 Å². The monoisotopic (exact) mass is 573 g/mol. The van der Waals surface area contributed by atoms with E-state index < -0.39 is 0 Å². The SMILES string of the molecule is c1ccc(-c2ccc(-c3ccccc3N(c3cccc(-c4ccc5ccccc5c4)c3)c3cccc4ccccc34)cc2)cc1. The summed E-state index contributed by atoms with van der Waals surface area (Å²) in [4.78, 5) is 2.42. The second kappa shape index (κ2) is 11.6. The molecule has 0 bridgehead atoms. The lowest BCUT2D eigenvalue weighted by Gasteiger charge is -2.29. The van der Waals surface area contributed by atoms with Gasteiger partial charge in [0.15, 0.2) is 0 Å². The summed E-state index contributed by atoms with van der Waals surface area (Å²) in [6, 6.07) is 67.7. The molecule has 0 radical (unpaired) electrons. The Balaban J connectivity index is 1.30. The first-order valence-electron chi connectivity index (χ1n) is 15.4. The highest BCUT2D eigenvalue weighted by Gasteiger charge is 2.19. The van der Waals surface area contributed by atoms with Crippen molar-refractivity contribution in [3.05, 3.63) is 188 Å². The number of anilines is 3. The van der Waals surface area contributed by atoms with E-state index in [9.17, 15) is 0 Å². The Kier molecular flexibility index (Phi) is 6.90. The minimum absolute atomic E-state index is 1.12.